The molecule has 5 N–H and O–H groups in total. The number of ether oxygens (including phenoxy) is 1. The van der Waals surface area contributed by atoms with Gasteiger partial charge in [0, 0.05) is 0 Å². The van der Waals surface area contributed by atoms with Crippen LogP contribution in [0.15, 0.2) is 11.1 Å². The Balaban J connectivity index is 2.19. The molecule has 1 aliphatic heterocycles. The topological polar surface area (TPSA) is 139 Å². The van der Waals surface area contributed by atoms with Gasteiger partial charge in [-0.1, -0.05) is 0 Å². The number of nitrogens with one attached hydrogen (secondary N) is 1. The first-order chi connectivity index (χ1) is 9.88. The zero-order chi connectivity index (χ0) is 15.4. The molecule has 1 aliphatic rings. The summed E-state index contributed by atoms with van der Waals surface area (Å²) in [7, 11) is 0. The summed E-state index contributed by atoms with van der Waals surface area (Å²) < 4.78 is 7.20. The maximum absolute atomic E-state index is 11.8. The Morgan fingerprint density at radius 1 is 1.67 bits per heavy atom. The minimum atomic E-state index is -1.13. The molecule has 0 radical (unpaired) electrons. The lowest BCUT2D eigenvalue weighted by Gasteiger charge is -2.29. The molecule has 2 aromatic heterocycles. The second kappa shape index (κ2) is 4.70. The van der Waals surface area contributed by atoms with Crippen molar-refractivity contribution in [3.8, 4) is 0 Å². The Morgan fingerprint density at radius 3 is 3.00 bits per heavy atom. The highest BCUT2D eigenvalue weighted by atomic mass is 32.1. The van der Waals surface area contributed by atoms with E-state index in [0.717, 1.165) is 0 Å². The molecule has 0 bridgehead atoms. The van der Waals surface area contributed by atoms with E-state index in [2.05, 4.69) is 27.6 Å². The number of fused-ring (bicyclic) bond motifs is 1. The summed E-state index contributed by atoms with van der Waals surface area (Å²) in [6, 6.07) is 0. The van der Waals surface area contributed by atoms with E-state index in [1.807, 2.05) is 0 Å². The van der Waals surface area contributed by atoms with E-state index in [9.17, 15) is 15.0 Å². The molecule has 3 rings (SSSR count). The predicted molar refractivity (Wildman–Crippen MR) is 76.9 cm³/mol. The fourth-order valence-electron chi connectivity index (χ4n) is 2.56. The summed E-state index contributed by atoms with van der Waals surface area (Å²) >= 11 is 4.37. The predicted octanol–water partition coefficient (Wildman–Crippen LogP) is -1.58. The number of nitrogens with two attached hydrogens (primary N) is 1. The second-order valence-corrected chi connectivity index (χ2v) is 5.62. The van der Waals surface area contributed by atoms with Crippen LogP contribution in [0.5, 0.6) is 0 Å². The van der Waals surface area contributed by atoms with E-state index in [-0.39, 0.29) is 23.7 Å². The Hall–Kier alpha value is -1.62. The maximum atomic E-state index is 11.8. The van der Waals surface area contributed by atoms with Gasteiger partial charge >= 0.3 is 0 Å². The van der Waals surface area contributed by atoms with Crippen LogP contribution < -0.4 is 11.3 Å². The van der Waals surface area contributed by atoms with E-state index >= 15 is 0 Å². The fraction of sp³-hybridized carbons (Fsp3) is 0.545. The number of aliphatic hydroxyl groups excluding tert-OH is 2. The van der Waals surface area contributed by atoms with Crippen LogP contribution >= 0.6 is 12.6 Å². The number of thiol groups is 1. The number of aliphatic hydroxyl groups is 2. The van der Waals surface area contributed by atoms with E-state index in [4.69, 9.17) is 10.5 Å². The molecule has 1 fully saturated rings. The van der Waals surface area contributed by atoms with Gasteiger partial charge < -0.3 is 20.7 Å². The first-order valence-corrected chi connectivity index (χ1v) is 6.78. The van der Waals surface area contributed by atoms with Gasteiger partial charge in [0.2, 0.25) is 5.95 Å². The molecule has 0 amide bonds. The van der Waals surface area contributed by atoms with Gasteiger partial charge in [0.15, 0.2) is 16.9 Å². The van der Waals surface area contributed by atoms with Crippen molar-refractivity contribution in [1.29, 1.82) is 0 Å². The number of imidazole rings is 1. The largest absolute Gasteiger partial charge is 0.394 e. The number of H-pyrrole nitrogens is 1. The first kappa shape index (κ1) is 14.3. The van der Waals surface area contributed by atoms with Gasteiger partial charge in [-0.25, -0.2) is 4.98 Å². The van der Waals surface area contributed by atoms with Gasteiger partial charge in [-0.3, -0.25) is 14.3 Å². The third kappa shape index (κ3) is 1.94. The molecule has 0 spiro atoms. The average molecular weight is 313 g/mol. The highest BCUT2D eigenvalue weighted by Crippen LogP contribution is 2.39. The van der Waals surface area contributed by atoms with Gasteiger partial charge in [0.25, 0.3) is 5.56 Å². The number of anilines is 1. The maximum Gasteiger partial charge on any atom is 0.280 e. The van der Waals surface area contributed by atoms with Gasteiger partial charge in [-0.15, -0.1) is 0 Å². The van der Waals surface area contributed by atoms with Crippen molar-refractivity contribution in [2.24, 2.45) is 0 Å². The van der Waals surface area contributed by atoms with Crippen molar-refractivity contribution in [3.63, 3.8) is 0 Å². The summed E-state index contributed by atoms with van der Waals surface area (Å²) in [4.78, 5) is 22.2. The molecule has 0 saturated carbocycles. The Labute approximate surface area is 124 Å². The number of nitrogens with zero attached hydrogens (tertiary/aromatic N) is 3. The van der Waals surface area contributed by atoms with Crippen LogP contribution in [0.1, 0.15) is 6.92 Å². The van der Waals surface area contributed by atoms with Crippen LogP contribution in [0.4, 0.5) is 5.95 Å². The van der Waals surface area contributed by atoms with Crippen LogP contribution in [0, 0.1) is 0 Å². The van der Waals surface area contributed by atoms with Crippen molar-refractivity contribution >= 4 is 29.7 Å². The number of nitrogen functional groups attached to an aromatic ring is 1. The fourth-order valence-corrected chi connectivity index (χ4v) is 2.94. The summed E-state index contributed by atoms with van der Waals surface area (Å²) in [5, 5.41) is 18.7. The third-order valence-electron chi connectivity index (χ3n) is 3.73. The normalized spacial score (nSPS) is 32.9. The van der Waals surface area contributed by atoms with Crippen molar-refractivity contribution < 1.29 is 14.9 Å². The van der Waals surface area contributed by atoms with E-state index in [0.29, 0.717) is 0 Å². The van der Waals surface area contributed by atoms with E-state index < -0.39 is 28.7 Å². The standard InChI is InChI=1S/C11H15N5O4S/c1-11(7(21)6(18)4(2-17)20-11)16-3-13-5-8(16)14-10(12)15-9(5)19/h3-4,6-7,17-18,21H,2H2,1H3,(H3,12,14,15,19)/t4-,6-,7-,11-/m1/s1. The molecule has 0 aromatic carbocycles. The Kier molecular flexibility index (Phi) is 3.20. The number of hydrogen-bond donors (Lipinski definition) is 5. The molecule has 0 aliphatic carbocycles. The summed E-state index contributed by atoms with van der Waals surface area (Å²) in [6.07, 6.45) is -0.378. The number of aromatic nitrogens is 4. The molecular weight excluding hydrogens is 298 g/mol. The number of aromatic amines is 1. The number of rotatable bonds is 2. The molecule has 9 nitrogen and oxygen atoms in total. The van der Waals surface area contributed by atoms with Crippen LogP contribution in [-0.4, -0.2) is 53.8 Å². The van der Waals surface area contributed by atoms with Crippen molar-refractivity contribution in [2.75, 3.05) is 12.3 Å². The molecule has 1 saturated heterocycles. The minimum absolute atomic E-state index is 0.0502. The summed E-state index contributed by atoms with van der Waals surface area (Å²) in [5.74, 6) is -0.0502. The highest BCUT2D eigenvalue weighted by Gasteiger charge is 2.51. The van der Waals surface area contributed by atoms with Crippen molar-refractivity contribution in [1.82, 2.24) is 19.5 Å². The zero-order valence-corrected chi connectivity index (χ0v) is 12.0. The SMILES string of the molecule is C[C@@]1(n2cnc3c(=O)[nH]c(N)nc32)O[C@H](CO)[C@@H](O)[C@H]1S. The first-order valence-electron chi connectivity index (χ1n) is 6.26. The smallest absolute Gasteiger partial charge is 0.280 e. The van der Waals surface area contributed by atoms with E-state index in [1.165, 1.54) is 10.9 Å². The van der Waals surface area contributed by atoms with Crippen LogP contribution in [-0.2, 0) is 10.5 Å². The molecule has 10 heteroatoms. The summed E-state index contributed by atoms with van der Waals surface area (Å²) in [6.45, 7) is 1.32. The molecule has 3 heterocycles. The van der Waals surface area contributed by atoms with Gasteiger partial charge in [0.1, 0.15) is 6.10 Å². The van der Waals surface area contributed by atoms with Crippen LogP contribution in [0.25, 0.3) is 11.2 Å². The molecular formula is C11H15N5O4S. The molecule has 0 unspecified atom stereocenters. The summed E-state index contributed by atoms with van der Waals surface area (Å²) in [5.41, 5.74) is 4.29. The minimum Gasteiger partial charge on any atom is -0.394 e. The van der Waals surface area contributed by atoms with Crippen LogP contribution in [0.3, 0.4) is 0 Å². The molecule has 2 aromatic rings. The molecule has 114 valence electrons. The van der Waals surface area contributed by atoms with Crippen molar-refractivity contribution in [3.05, 3.63) is 16.7 Å². The average Bonchev–Trinajstić information content (AvgIpc) is 2.95. The number of hydrogen-bond acceptors (Lipinski definition) is 8. The lowest BCUT2D eigenvalue weighted by Crippen LogP contribution is -2.39. The lowest BCUT2D eigenvalue weighted by atomic mass is 10.1. The Bertz CT molecular complexity index is 746. The van der Waals surface area contributed by atoms with Crippen molar-refractivity contribution in [2.45, 2.75) is 30.1 Å². The lowest BCUT2D eigenvalue weighted by molar-refractivity contribution is -0.102. The quantitative estimate of drug-likeness (QED) is 0.422. The highest BCUT2D eigenvalue weighted by molar-refractivity contribution is 7.81. The van der Waals surface area contributed by atoms with Gasteiger partial charge in [0.05, 0.1) is 24.3 Å². The zero-order valence-electron chi connectivity index (χ0n) is 11.1. The monoisotopic (exact) mass is 313 g/mol. The molecule has 21 heavy (non-hydrogen) atoms. The Morgan fingerprint density at radius 2 is 2.38 bits per heavy atom. The third-order valence-corrected chi connectivity index (χ3v) is 4.51. The van der Waals surface area contributed by atoms with Gasteiger partial charge in [-0.2, -0.15) is 17.6 Å². The van der Waals surface area contributed by atoms with E-state index in [1.54, 1.807) is 6.92 Å². The second-order valence-electron chi connectivity index (χ2n) is 5.07. The van der Waals surface area contributed by atoms with Crippen LogP contribution in [0.2, 0.25) is 0 Å². The van der Waals surface area contributed by atoms with Gasteiger partial charge in [-0.05, 0) is 6.92 Å². The molecule has 4 atom stereocenters.